The summed E-state index contributed by atoms with van der Waals surface area (Å²) in [6, 6.07) is 0. The molecule has 0 unspecified atom stereocenters. The molecule has 1 aliphatic rings. The highest BCUT2D eigenvalue weighted by Gasteiger charge is 2.22. The van der Waals surface area contributed by atoms with Gasteiger partial charge < -0.3 is 15.5 Å². The van der Waals surface area contributed by atoms with Gasteiger partial charge in [0.25, 0.3) is 0 Å². The lowest BCUT2D eigenvalue weighted by Crippen LogP contribution is -2.42. The lowest BCUT2D eigenvalue weighted by Gasteiger charge is -2.27. The normalized spacial score (nSPS) is 19.0. The first kappa shape index (κ1) is 16.3. The monoisotopic (exact) mass is 307 g/mol. The van der Waals surface area contributed by atoms with Gasteiger partial charge in [-0.05, 0) is 0 Å². The van der Waals surface area contributed by atoms with Gasteiger partial charge >= 0.3 is 0 Å². The van der Waals surface area contributed by atoms with E-state index in [0.717, 1.165) is 0 Å². The second-order valence-corrected chi connectivity index (χ2v) is 7.60. The number of sulfone groups is 1. The number of hydrogen-bond acceptors (Lipinski definition) is 5. The quantitative estimate of drug-likeness (QED) is 0.650. The molecule has 0 aromatic carbocycles. The molecule has 2 N–H and O–H groups in total. The minimum Gasteiger partial charge on any atom is -0.393 e. The fraction of sp³-hybridized carbons (Fsp3) is 0.818. The van der Waals surface area contributed by atoms with Crippen LogP contribution in [0, 0.1) is 0 Å². The summed E-state index contributed by atoms with van der Waals surface area (Å²) in [4.78, 5) is 15.9. The van der Waals surface area contributed by atoms with Crippen LogP contribution < -0.4 is 5.73 Å². The lowest BCUT2D eigenvalue weighted by atomic mass is 10.3. The summed E-state index contributed by atoms with van der Waals surface area (Å²) in [5.74, 6) is 0.418. The maximum Gasteiger partial charge on any atom is 0.223 e. The molecule has 0 aliphatic carbocycles. The Morgan fingerprint density at radius 3 is 2.42 bits per heavy atom. The average molecular weight is 307 g/mol. The molecule has 1 aliphatic heterocycles. The van der Waals surface area contributed by atoms with Crippen LogP contribution in [-0.2, 0) is 14.6 Å². The minimum atomic E-state index is -2.85. The number of rotatable bonds is 6. The van der Waals surface area contributed by atoms with Crippen molar-refractivity contribution in [3.05, 3.63) is 0 Å². The van der Waals surface area contributed by atoms with Crippen LogP contribution in [0.25, 0.3) is 0 Å². The van der Waals surface area contributed by atoms with Gasteiger partial charge in [-0.1, -0.05) is 12.2 Å². The minimum absolute atomic E-state index is 0.0321. The molecule has 1 saturated heterocycles. The Kier molecular flexibility index (Phi) is 6.15. The molecular formula is C11H21N3O3S2. The van der Waals surface area contributed by atoms with Crippen LogP contribution in [0.4, 0.5) is 0 Å². The highest BCUT2D eigenvalue weighted by molar-refractivity contribution is 7.91. The van der Waals surface area contributed by atoms with Gasteiger partial charge in [0.05, 0.1) is 16.5 Å². The molecule has 19 heavy (non-hydrogen) atoms. The molecule has 0 radical (unpaired) electrons. The van der Waals surface area contributed by atoms with Gasteiger partial charge in [0.2, 0.25) is 5.91 Å². The zero-order valence-electron chi connectivity index (χ0n) is 11.2. The zero-order valence-corrected chi connectivity index (χ0v) is 12.8. The van der Waals surface area contributed by atoms with Crippen molar-refractivity contribution in [2.24, 2.45) is 5.73 Å². The van der Waals surface area contributed by atoms with Gasteiger partial charge in [-0.2, -0.15) is 0 Å². The molecule has 6 nitrogen and oxygen atoms in total. The maximum absolute atomic E-state index is 11.8. The van der Waals surface area contributed by atoms with Crippen molar-refractivity contribution >= 4 is 33.0 Å². The molecule has 110 valence electrons. The maximum atomic E-state index is 11.8. The van der Waals surface area contributed by atoms with E-state index in [-0.39, 0.29) is 17.4 Å². The van der Waals surface area contributed by atoms with E-state index in [2.05, 4.69) is 0 Å². The van der Waals surface area contributed by atoms with E-state index in [1.54, 1.807) is 11.9 Å². The van der Waals surface area contributed by atoms with Crippen molar-refractivity contribution < 1.29 is 13.2 Å². The van der Waals surface area contributed by atoms with E-state index >= 15 is 0 Å². The smallest absolute Gasteiger partial charge is 0.223 e. The van der Waals surface area contributed by atoms with Crippen molar-refractivity contribution in [3.8, 4) is 0 Å². The van der Waals surface area contributed by atoms with Gasteiger partial charge in [-0.15, -0.1) is 0 Å². The summed E-state index contributed by atoms with van der Waals surface area (Å²) < 4.78 is 22.5. The Balaban J connectivity index is 2.25. The zero-order chi connectivity index (χ0) is 14.5. The van der Waals surface area contributed by atoms with E-state index in [0.29, 0.717) is 44.0 Å². The van der Waals surface area contributed by atoms with Crippen LogP contribution in [0.15, 0.2) is 0 Å². The van der Waals surface area contributed by atoms with Crippen molar-refractivity contribution in [1.82, 2.24) is 9.80 Å². The van der Waals surface area contributed by atoms with Crippen molar-refractivity contribution in [3.63, 3.8) is 0 Å². The summed E-state index contributed by atoms with van der Waals surface area (Å²) in [7, 11) is -1.13. The highest BCUT2D eigenvalue weighted by Crippen LogP contribution is 2.05. The van der Waals surface area contributed by atoms with Crippen LogP contribution >= 0.6 is 12.2 Å². The van der Waals surface area contributed by atoms with Crippen LogP contribution in [0.1, 0.15) is 12.8 Å². The first-order valence-electron chi connectivity index (χ1n) is 6.25. The summed E-state index contributed by atoms with van der Waals surface area (Å²) in [6.45, 7) is 2.17. The number of carbonyl (C=O) groups excluding carboxylic acids is 1. The predicted molar refractivity (Wildman–Crippen MR) is 78.8 cm³/mol. The van der Waals surface area contributed by atoms with Gasteiger partial charge in [0, 0.05) is 46.1 Å². The van der Waals surface area contributed by atoms with Gasteiger partial charge in [0.1, 0.15) is 0 Å². The summed E-state index contributed by atoms with van der Waals surface area (Å²) in [5.41, 5.74) is 5.39. The number of nitrogens with two attached hydrogens (primary N) is 1. The second kappa shape index (κ2) is 7.16. The van der Waals surface area contributed by atoms with E-state index in [4.69, 9.17) is 18.0 Å². The topological polar surface area (TPSA) is 83.7 Å². The predicted octanol–water partition coefficient (Wildman–Crippen LogP) is -0.758. The summed E-state index contributed by atoms with van der Waals surface area (Å²) in [6.07, 6.45) is 0.924. The third-order valence-corrected chi connectivity index (χ3v) is 5.01. The molecule has 0 bridgehead atoms. The number of hydrogen-bond donors (Lipinski definition) is 1. The van der Waals surface area contributed by atoms with Crippen molar-refractivity contribution in [1.29, 1.82) is 0 Å². The molecule has 1 fully saturated rings. The SMILES string of the molecule is CN(CCC(N)=S)C(=O)CCN1CCS(=O)(=O)CC1. The molecule has 0 aromatic heterocycles. The Bertz CT molecular complexity index is 422. The third kappa shape index (κ3) is 6.31. The third-order valence-electron chi connectivity index (χ3n) is 3.20. The fourth-order valence-electron chi connectivity index (χ4n) is 1.82. The Hall–Kier alpha value is -0.730. The van der Waals surface area contributed by atoms with Crippen LogP contribution in [0.2, 0.25) is 0 Å². The van der Waals surface area contributed by atoms with E-state index < -0.39 is 9.84 Å². The first-order valence-corrected chi connectivity index (χ1v) is 8.48. The second-order valence-electron chi connectivity index (χ2n) is 4.78. The Morgan fingerprint density at radius 2 is 1.89 bits per heavy atom. The van der Waals surface area contributed by atoms with Crippen molar-refractivity contribution in [2.45, 2.75) is 12.8 Å². The molecule has 1 heterocycles. The molecule has 0 spiro atoms. The standard InChI is InChI=1S/C11H21N3O3S2/c1-13(4-2-10(12)18)11(15)3-5-14-6-8-19(16,17)9-7-14/h2-9H2,1H3,(H2,12,18). The Labute approximate surface area is 119 Å². The largest absolute Gasteiger partial charge is 0.393 e. The van der Waals surface area contributed by atoms with Crippen LogP contribution in [0.3, 0.4) is 0 Å². The number of amides is 1. The molecule has 1 rings (SSSR count). The van der Waals surface area contributed by atoms with Crippen LogP contribution in [0.5, 0.6) is 0 Å². The number of nitrogens with zero attached hydrogens (tertiary/aromatic N) is 2. The molecule has 1 amide bonds. The van der Waals surface area contributed by atoms with Gasteiger partial charge in [-0.25, -0.2) is 8.42 Å². The van der Waals surface area contributed by atoms with Gasteiger partial charge in [0.15, 0.2) is 9.84 Å². The van der Waals surface area contributed by atoms with Crippen LogP contribution in [-0.4, -0.2) is 73.8 Å². The lowest BCUT2D eigenvalue weighted by molar-refractivity contribution is -0.130. The average Bonchev–Trinajstić information content (AvgIpc) is 2.34. The molecule has 0 atom stereocenters. The Morgan fingerprint density at radius 1 is 1.32 bits per heavy atom. The molecular weight excluding hydrogens is 286 g/mol. The van der Waals surface area contributed by atoms with E-state index in [1.807, 2.05) is 4.90 Å². The van der Waals surface area contributed by atoms with E-state index in [9.17, 15) is 13.2 Å². The number of thiocarbonyl (C=S) groups is 1. The fourth-order valence-corrected chi connectivity index (χ4v) is 3.19. The summed E-state index contributed by atoms with van der Waals surface area (Å²) >= 11 is 4.76. The molecule has 0 saturated carbocycles. The van der Waals surface area contributed by atoms with E-state index in [1.165, 1.54) is 0 Å². The number of carbonyl (C=O) groups is 1. The molecule has 0 aromatic rings. The highest BCUT2D eigenvalue weighted by atomic mass is 32.2. The van der Waals surface area contributed by atoms with Crippen molar-refractivity contribution in [2.75, 3.05) is 44.7 Å². The van der Waals surface area contributed by atoms with Gasteiger partial charge in [-0.3, -0.25) is 4.79 Å². The summed E-state index contributed by atoms with van der Waals surface area (Å²) in [5, 5.41) is 0. The molecule has 8 heteroatoms. The first-order chi connectivity index (χ1) is 8.80.